The molecule has 0 radical (unpaired) electrons. The molecule has 0 bridgehead atoms. The summed E-state index contributed by atoms with van der Waals surface area (Å²) in [4.78, 5) is 2.38. The average Bonchev–Trinajstić information content (AvgIpc) is 2.70. The van der Waals surface area contributed by atoms with Crippen LogP contribution in [0.1, 0.15) is 24.5 Å². The zero-order chi connectivity index (χ0) is 20.0. The average molecular weight is 443 g/mol. The lowest BCUT2D eigenvalue weighted by Gasteiger charge is -2.33. The highest BCUT2D eigenvalue weighted by Crippen LogP contribution is 2.25. The van der Waals surface area contributed by atoms with E-state index in [1.165, 1.54) is 17.7 Å². The highest BCUT2D eigenvalue weighted by Gasteiger charge is 2.21. The Morgan fingerprint density at radius 1 is 1.11 bits per heavy atom. The molecular weight excluding hydrogens is 419 g/mol. The number of rotatable bonds is 8. The molecule has 2 aromatic carbocycles. The second-order valence-corrected chi connectivity index (χ2v) is 9.33. The summed E-state index contributed by atoms with van der Waals surface area (Å²) in [6.45, 7) is 3.73. The van der Waals surface area contributed by atoms with Crippen LogP contribution in [0, 0.1) is 0 Å². The van der Waals surface area contributed by atoms with E-state index in [0.717, 1.165) is 32.5 Å². The Morgan fingerprint density at radius 3 is 2.68 bits per heavy atom. The lowest BCUT2D eigenvalue weighted by atomic mass is 10.1. The van der Waals surface area contributed by atoms with Crippen LogP contribution >= 0.6 is 23.2 Å². The normalized spacial score (nSPS) is 18.3. The minimum absolute atomic E-state index is 0.0144. The molecule has 0 saturated carbocycles. The number of halogens is 2. The van der Waals surface area contributed by atoms with Crippen LogP contribution in [0.25, 0.3) is 0 Å². The maximum Gasteiger partial charge on any atom is 0.242 e. The first-order chi connectivity index (χ1) is 13.5. The monoisotopic (exact) mass is 442 g/mol. The van der Waals surface area contributed by atoms with Gasteiger partial charge in [-0.15, -0.1) is 0 Å². The van der Waals surface area contributed by atoms with E-state index in [1.54, 1.807) is 6.07 Å². The van der Waals surface area contributed by atoms with Gasteiger partial charge in [-0.05, 0) is 43.1 Å². The Hall–Kier alpha value is -1.15. The van der Waals surface area contributed by atoms with Gasteiger partial charge in [0.15, 0.2) is 0 Å². The summed E-state index contributed by atoms with van der Waals surface area (Å²) in [5.74, 6) is 0. The number of morpholine rings is 1. The summed E-state index contributed by atoms with van der Waals surface area (Å²) in [7, 11) is -3.66. The van der Waals surface area contributed by atoms with Crippen molar-refractivity contribution in [1.82, 2.24) is 9.62 Å². The van der Waals surface area contributed by atoms with Crippen LogP contribution < -0.4 is 4.72 Å². The molecule has 3 rings (SSSR count). The SMILES string of the molecule is O=S(=O)(NCCCCN1CCOC(c2ccccc2)C1)c1cc(Cl)ccc1Cl. The molecule has 0 amide bonds. The van der Waals surface area contributed by atoms with Crippen molar-refractivity contribution < 1.29 is 13.2 Å². The molecular formula is C20H24Cl2N2O3S. The second-order valence-electron chi connectivity index (χ2n) is 6.75. The molecule has 1 aliphatic rings. The fourth-order valence-electron chi connectivity index (χ4n) is 3.20. The number of hydrogen-bond donors (Lipinski definition) is 1. The Labute approximate surface area is 176 Å². The van der Waals surface area contributed by atoms with Crippen LogP contribution in [0.3, 0.4) is 0 Å². The van der Waals surface area contributed by atoms with Crippen LogP contribution in [0.15, 0.2) is 53.4 Å². The van der Waals surface area contributed by atoms with E-state index < -0.39 is 10.0 Å². The molecule has 0 spiro atoms. The molecule has 1 heterocycles. The van der Waals surface area contributed by atoms with Gasteiger partial charge in [-0.3, -0.25) is 4.90 Å². The molecule has 1 atom stereocenters. The van der Waals surface area contributed by atoms with Crippen molar-refractivity contribution >= 4 is 33.2 Å². The largest absolute Gasteiger partial charge is 0.371 e. The van der Waals surface area contributed by atoms with Crippen molar-refractivity contribution in [2.45, 2.75) is 23.8 Å². The first-order valence-electron chi connectivity index (χ1n) is 9.29. The number of benzene rings is 2. The van der Waals surface area contributed by atoms with Gasteiger partial charge in [-0.2, -0.15) is 0 Å². The first kappa shape index (κ1) is 21.6. The van der Waals surface area contributed by atoms with E-state index in [1.807, 2.05) is 18.2 Å². The highest BCUT2D eigenvalue weighted by atomic mass is 35.5. The van der Waals surface area contributed by atoms with Gasteiger partial charge in [-0.25, -0.2) is 13.1 Å². The lowest BCUT2D eigenvalue weighted by Crippen LogP contribution is -2.39. The van der Waals surface area contributed by atoms with E-state index in [4.69, 9.17) is 27.9 Å². The maximum atomic E-state index is 12.4. The van der Waals surface area contributed by atoms with E-state index in [-0.39, 0.29) is 16.0 Å². The van der Waals surface area contributed by atoms with E-state index in [2.05, 4.69) is 21.8 Å². The first-order valence-corrected chi connectivity index (χ1v) is 11.5. The molecule has 1 unspecified atom stereocenters. The molecule has 5 nitrogen and oxygen atoms in total. The van der Waals surface area contributed by atoms with Crippen molar-refractivity contribution in [3.8, 4) is 0 Å². The molecule has 1 aliphatic heterocycles. The van der Waals surface area contributed by atoms with Crippen molar-refractivity contribution in [2.75, 3.05) is 32.8 Å². The van der Waals surface area contributed by atoms with Gasteiger partial charge in [0.25, 0.3) is 0 Å². The van der Waals surface area contributed by atoms with Crippen molar-refractivity contribution in [3.05, 3.63) is 64.1 Å². The predicted molar refractivity (Wildman–Crippen MR) is 112 cm³/mol. The summed E-state index contributed by atoms with van der Waals surface area (Å²) in [6.07, 6.45) is 1.73. The number of ether oxygens (including phenoxy) is 1. The third-order valence-electron chi connectivity index (χ3n) is 4.70. The quantitative estimate of drug-likeness (QED) is 0.624. The standard InChI is InChI=1S/C20H24Cl2N2O3S/c21-17-8-9-18(22)20(14-17)28(25,26)23-10-4-5-11-24-12-13-27-19(15-24)16-6-2-1-3-7-16/h1-3,6-9,14,19,23H,4-5,10-13,15H2. The molecule has 0 aromatic heterocycles. The predicted octanol–water partition coefficient (Wildman–Crippen LogP) is 4.13. The van der Waals surface area contributed by atoms with E-state index in [9.17, 15) is 8.42 Å². The minimum Gasteiger partial charge on any atom is -0.371 e. The van der Waals surface area contributed by atoms with Crippen LogP contribution in [0.2, 0.25) is 10.0 Å². The zero-order valence-corrected chi connectivity index (χ0v) is 17.8. The fraction of sp³-hybridized carbons (Fsp3) is 0.400. The molecule has 0 aliphatic carbocycles. The number of hydrogen-bond acceptors (Lipinski definition) is 4. The van der Waals surface area contributed by atoms with Gasteiger partial charge in [0.2, 0.25) is 10.0 Å². The number of nitrogens with one attached hydrogen (secondary N) is 1. The Morgan fingerprint density at radius 2 is 1.89 bits per heavy atom. The third-order valence-corrected chi connectivity index (χ3v) is 6.88. The Kier molecular flexibility index (Phi) is 7.74. The summed E-state index contributed by atoms with van der Waals surface area (Å²) in [5.41, 5.74) is 1.19. The van der Waals surface area contributed by atoms with Crippen molar-refractivity contribution in [1.29, 1.82) is 0 Å². The Balaban J connectivity index is 1.42. The highest BCUT2D eigenvalue weighted by molar-refractivity contribution is 7.89. The van der Waals surface area contributed by atoms with Gasteiger partial charge in [0, 0.05) is 24.7 Å². The summed E-state index contributed by atoms with van der Waals surface area (Å²) in [6, 6.07) is 14.6. The smallest absolute Gasteiger partial charge is 0.242 e. The molecule has 2 aromatic rings. The van der Waals surface area contributed by atoms with Crippen molar-refractivity contribution in [3.63, 3.8) is 0 Å². The van der Waals surface area contributed by atoms with Crippen molar-refractivity contribution in [2.24, 2.45) is 0 Å². The van der Waals surface area contributed by atoms with E-state index >= 15 is 0 Å². The van der Waals surface area contributed by atoms with E-state index in [0.29, 0.717) is 18.2 Å². The minimum atomic E-state index is -3.66. The molecule has 1 N–H and O–H groups in total. The van der Waals surface area contributed by atoms with Gasteiger partial charge in [0.05, 0.1) is 17.7 Å². The van der Waals surface area contributed by atoms with Crippen LogP contribution in [-0.4, -0.2) is 46.1 Å². The topological polar surface area (TPSA) is 58.6 Å². The van der Waals surface area contributed by atoms with Gasteiger partial charge in [-0.1, -0.05) is 53.5 Å². The Bertz CT molecular complexity index is 878. The van der Waals surface area contributed by atoms with Crippen LogP contribution in [-0.2, 0) is 14.8 Å². The van der Waals surface area contributed by atoms with Gasteiger partial charge >= 0.3 is 0 Å². The number of unbranched alkanes of at least 4 members (excludes halogenated alkanes) is 1. The molecule has 28 heavy (non-hydrogen) atoms. The van der Waals surface area contributed by atoms with Crippen LogP contribution in [0.4, 0.5) is 0 Å². The fourth-order valence-corrected chi connectivity index (χ4v) is 5.04. The van der Waals surface area contributed by atoms with Gasteiger partial charge < -0.3 is 4.74 Å². The molecule has 1 fully saturated rings. The van der Waals surface area contributed by atoms with Crippen LogP contribution in [0.5, 0.6) is 0 Å². The maximum absolute atomic E-state index is 12.4. The molecule has 8 heteroatoms. The summed E-state index contributed by atoms with van der Waals surface area (Å²) >= 11 is 11.9. The van der Waals surface area contributed by atoms with Gasteiger partial charge in [0.1, 0.15) is 4.90 Å². The second kappa shape index (κ2) is 10.1. The zero-order valence-electron chi connectivity index (χ0n) is 15.5. The third kappa shape index (κ3) is 5.92. The lowest BCUT2D eigenvalue weighted by molar-refractivity contribution is -0.0303. The number of nitrogens with zero attached hydrogens (tertiary/aromatic N) is 1. The molecule has 1 saturated heterocycles. The summed E-state index contributed by atoms with van der Waals surface area (Å²) in [5, 5.41) is 0.502. The number of sulfonamides is 1. The molecule has 152 valence electrons. The summed E-state index contributed by atoms with van der Waals surface area (Å²) < 4.78 is 33.3.